The number of aryl methyl sites for hydroxylation is 2. The number of amides is 1. The second kappa shape index (κ2) is 8.98. The molecule has 3 aromatic rings. The second-order valence-corrected chi connectivity index (χ2v) is 10.0. The average Bonchev–Trinajstić information content (AvgIpc) is 2.63. The maximum absolute atomic E-state index is 12.9. The largest absolute Gasteiger partial charge is 0.322 e. The highest BCUT2D eigenvalue weighted by Gasteiger charge is 2.21. The van der Waals surface area contributed by atoms with Gasteiger partial charge in [-0.05, 0) is 89.4 Å². The molecule has 0 atom stereocenters. The van der Waals surface area contributed by atoms with Gasteiger partial charge in [-0.25, -0.2) is 8.42 Å². The van der Waals surface area contributed by atoms with E-state index in [1.165, 1.54) is 18.2 Å². The van der Waals surface area contributed by atoms with Crippen LogP contribution in [0.4, 0.5) is 11.4 Å². The molecule has 0 radical (unpaired) electrons. The Hall–Kier alpha value is -2.06. The zero-order chi connectivity index (χ0) is 22.1. The minimum absolute atomic E-state index is 0.00936. The summed E-state index contributed by atoms with van der Waals surface area (Å²) in [5.41, 5.74) is 2.86. The van der Waals surface area contributed by atoms with Crippen LogP contribution in [0.3, 0.4) is 0 Å². The summed E-state index contributed by atoms with van der Waals surface area (Å²) in [6.07, 6.45) is 0. The molecule has 156 valence electrons. The first-order chi connectivity index (χ1) is 14.0. The Morgan fingerprint density at radius 1 is 0.867 bits per heavy atom. The van der Waals surface area contributed by atoms with Gasteiger partial charge in [0.15, 0.2) is 0 Å². The van der Waals surface area contributed by atoms with E-state index in [0.29, 0.717) is 20.9 Å². The van der Waals surface area contributed by atoms with Crippen molar-refractivity contribution in [2.24, 2.45) is 0 Å². The average molecular weight is 528 g/mol. The molecule has 0 fully saturated rings. The number of anilines is 2. The second-order valence-electron chi connectivity index (χ2n) is 6.71. The Labute approximate surface area is 193 Å². The first-order valence-corrected chi connectivity index (χ1v) is 11.8. The monoisotopic (exact) mass is 526 g/mol. The van der Waals surface area contributed by atoms with Gasteiger partial charge in [0.1, 0.15) is 4.90 Å². The zero-order valence-corrected chi connectivity index (χ0v) is 19.9. The van der Waals surface area contributed by atoms with Gasteiger partial charge in [-0.2, -0.15) is 0 Å². The Kier molecular flexibility index (Phi) is 6.77. The third-order valence-electron chi connectivity index (χ3n) is 4.13. The molecule has 0 bridgehead atoms. The number of hydrogen-bond donors (Lipinski definition) is 2. The van der Waals surface area contributed by atoms with Gasteiger partial charge in [0.25, 0.3) is 15.9 Å². The van der Waals surface area contributed by atoms with E-state index in [1.807, 2.05) is 19.9 Å². The molecule has 3 aromatic carbocycles. The summed E-state index contributed by atoms with van der Waals surface area (Å²) in [6.45, 7) is 3.74. The van der Waals surface area contributed by atoms with Gasteiger partial charge < -0.3 is 5.32 Å². The minimum Gasteiger partial charge on any atom is -0.322 e. The fourth-order valence-corrected chi connectivity index (χ4v) is 4.87. The molecule has 0 saturated carbocycles. The van der Waals surface area contributed by atoms with E-state index in [4.69, 9.17) is 23.2 Å². The first kappa shape index (κ1) is 22.6. The van der Waals surface area contributed by atoms with Gasteiger partial charge in [-0.1, -0.05) is 29.3 Å². The summed E-state index contributed by atoms with van der Waals surface area (Å²) in [6, 6.07) is 14.4. The van der Waals surface area contributed by atoms with Gasteiger partial charge in [0.05, 0.1) is 10.0 Å². The van der Waals surface area contributed by atoms with Crippen molar-refractivity contribution in [3.05, 3.63) is 85.8 Å². The molecule has 0 saturated heterocycles. The fraction of sp³-hybridized carbons (Fsp3) is 0.0952. The molecule has 0 aliphatic heterocycles. The molecule has 5 nitrogen and oxygen atoms in total. The van der Waals surface area contributed by atoms with Crippen LogP contribution >= 0.6 is 39.1 Å². The van der Waals surface area contributed by atoms with E-state index in [1.54, 1.807) is 30.3 Å². The van der Waals surface area contributed by atoms with Crippen LogP contribution in [0.5, 0.6) is 0 Å². The van der Waals surface area contributed by atoms with Crippen molar-refractivity contribution in [3.8, 4) is 0 Å². The third kappa shape index (κ3) is 5.35. The molecular weight excluding hydrogens is 511 g/mol. The normalized spacial score (nSPS) is 11.2. The van der Waals surface area contributed by atoms with E-state index in [-0.39, 0.29) is 15.5 Å². The lowest BCUT2D eigenvalue weighted by atomic mass is 10.1. The Bertz CT molecular complexity index is 1230. The number of sulfonamides is 1. The summed E-state index contributed by atoms with van der Waals surface area (Å²) >= 11 is 15.5. The van der Waals surface area contributed by atoms with Crippen molar-refractivity contribution in [3.63, 3.8) is 0 Å². The molecule has 1 amide bonds. The Morgan fingerprint density at radius 2 is 1.53 bits per heavy atom. The predicted molar refractivity (Wildman–Crippen MR) is 125 cm³/mol. The molecule has 0 aliphatic rings. The van der Waals surface area contributed by atoms with Crippen LogP contribution in [0.2, 0.25) is 10.0 Å². The summed E-state index contributed by atoms with van der Waals surface area (Å²) in [5, 5.41) is 3.13. The van der Waals surface area contributed by atoms with Gasteiger partial charge in [0.2, 0.25) is 0 Å². The maximum atomic E-state index is 12.9. The highest BCUT2D eigenvalue weighted by molar-refractivity contribution is 9.10. The molecule has 3 rings (SSSR count). The molecule has 0 aliphatic carbocycles. The summed E-state index contributed by atoms with van der Waals surface area (Å²) in [5.74, 6) is -0.493. The number of carbonyl (C=O) groups excluding carboxylic acids is 1. The molecule has 0 spiro atoms. The Balaban J connectivity index is 1.89. The van der Waals surface area contributed by atoms with E-state index in [9.17, 15) is 13.2 Å². The predicted octanol–water partition coefficient (Wildman–Crippen LogP) is 6.43. The number of hydrogen-bond acceptors (Lipinski definition) is 3. The molecule has 0 heterocycles. The molecular formula is C21H17BrCl2N2O3S. The highest BCUT2D eigenvalue weighted by atomic mass is 79.9. The SMILES string of the molecule is Cc1cc(C)cc(NS(=O)(=O)c2cc(C(=O)Nc3ccc(Br)c(Cl)c3)ccc2Cl)c1. The maximum Gasteiger partial charge on any atom is 0.263 e. The zero-order valence-electron chi connectivity index (χ0n) is 16.0. The number of halogens is 3. The van der Waals surface area contributed by atoms with E-state index in [0.717, 1.165) is 11.1 Å². The number of benzene rings is 3. The highest BCUT2D eigenvalue weighted by Crippen LogP contribution is 2.28. The van der Waals surface area contributed by atoms with Crippen LogP contribution in [0.25, 0.3) is 0 Å². The summed E-state index contributed by atoms with van der Waals surface area (Å²) in [7, 11) is -4.01. The van der Waals surface area contributed by atoms with Crippen LogP contribution < -0.4 is 10.0 Å². The lowest BCUT2D eigenvalue weighted by molar-refractivity contribution is 0.102. The molecule has 30 heavy (non-hydrogen) atoms. The lowest BCUT2D eigenvalue weighted by Gasteiger charge is -2.12. The van der Waals surface area contributed by atoms with Crippen LogP contribution in [0.15, 0.2) is 64.0 Å². The van der Waals surface area contributed by atoms with Crippen molar-refractivity contribution in [2.75, 3.05) is 10.0 Å². The minimum atomic E-state index is -4.01. The van der Waals surface area contributed by atoms with Crippen molar-refractivity contribution in [2.45, 2.75) is 18.7 Å². The van der Waals surface area contributed by atoms with E-state index >= 15 is 0 Å². The van der Waals surface area contributed by atoms with Crippen molar-refractivity contribution in [1.29, 1.82) is 0 Å². The van der Waals surface area contributed by atoms with Crippen molar-refractivity contribution < 1.29 is 13.2 Å². The van der Waals surface area contributed by atoms with Crippen LogP contribution in [-0.2, 0) is 10.0 Å². The van der Waals surface area contributed by atoms with E-state index in [2.05, 4.69) is 26.0 Å². The van der Waals surface area contributed by atoms with E-state index < -0.39 is 15.9 Å². The van der Waals surface area contributed by atoms with Crippen molar-refractivity contribution >= 4 is 66.4 Å². The van der Waals surface area contributed by atoms with Crippen LogP contribution in [-0.4, -0.2) is 14.3 Å². The molecule has 0 unspecified atom stereocenters. The van der Waals surface area contributed by atoms with Gasteiger partial charge in [0, 0.05) is 21.4 Å². The number of rotatable bonds is 5. The smallest absolute Gasteiger partial charge is 0.263 e. The van der Waals surface area contributed by atoms with Crippen molar-refractivity contribution in [1.82, 2.24) is 0 Å². The third-order valence-corrected chi connectivity index (χ3v) is 7.23. The van der Waals surface area contributed by atoms with Crippen LogP contribution in [0.1, 0.15) is 21.5 Å². The molecule has 9 heteroatoms. The number of nitrogens with one attached hydrogen (secondary N) is 2. The van der Waals surface area contributed by atoms with Gasteiger partial charge >= 0.3 is 0 Å². The quantitative estimate of drug-likeness (QED) is 0.401. The lowest BCUT2D eigenvalue weighted by Crippen LogP contribution is -2.16. The standard InChI is InChI=1S/C21H17BrCl2N2O3S/c1-12-7-13(2)9-16(8-12)26-30(28,29)20-10-14(3-6-18(20)23)21(27)25-15-4-5-17(22)19(24)11-15/h3-11,26H,1-2H3,(H,25,27). The van der Waals surface area contributed by atoms with Gasteiger partial charge in [-0.3, -0.25) is 9.52 Å². The van der Waals surface area contributed by atoms with Gasteiger partial charge in [-0.15, -0.1) is 0 Å². The van der Waals surface area contributed by atoms with Crippen LogP contribution in [0, 0.1) is 13.8 Å². The molecule has 0 aromatic heterocycles. The summed E-state index contributed by atoms with van der Waals surface area (Å²) < 4.78 is 29.0. The Morgan fingerprint density at radius 3 is 2.17 bits per heavy atom. The fourth-order valence-electron chi connectivity index (χ4n) is 2.87. The topological polar surface area (TPSA) is 75.3 Å². The first-order valence-electron chi connectivity index (χ1n) is 8.72. The molecule has 2 N–H and O–H groups in total. The number of carbonyl (C=O) groups is 1. The summed E-state index contributed by atoms with van der Waals surface area (Å²) in [4.78, 5) is 12.4.